The van der Waals surface area contributed by atoms with E-state index in [4.69, 9.17) is 24.4 Å². The third kappa shape index (κ3) is 8.18. The number of thioether (sulfide) groups is 2. The van der Waals surface area contributed by atoms with Crippen molar-refractivity contribution < 1.29 is 9.59 Å². The first-order valence-electron chi connectivity index (χ1n) is 9.46. The molecule has 2 unspecified atom stereocenters. The molecule has 0 aliphatic carbocycles. The average molecular weight is 477 g/mol. The van der Waals surface area contributed by atoms with Crippen molar-refractivity contribution in [2.75, 3.05) is 13.1 Å². The summed E-state index contributed by atoms with van der Waals surface area (Å²) in [5, 5.41) is 5.04. The van der Waals surface area contributed by atoms with Crippen LogP contribution in [0.5, 0.6) is 0 Å². The van der Waals surface area contributed by atoms with Crippen molar-refractivity contribution in [1.29, 1.82) is 0 Å². The molecule has 8 heteroatoms. The Balaban J connectivity index is 1.67. The molecule has 2 aromatic rings. The maximum atomic E-state index is 12.3. The SMILES string of the molecule is CC(SC(=S)c1ccccc1)C(=O)NCCNC(=O)C(C)SC(=S)c1ccccc1. The first kappa shape index (κ1) is 24.5. The van der Waals surface area contributed by atoms with E-state index in [1.54, 1.807) is 0 Å². The molecule has 2 rings (SSSR count). The molecule has 2 aromatic carbocycles. The van der Waals surface area contributed by atoms with Crippen molar-refractivity contribution in [3.63, 3.8) is 0 Å². The van der Waals surface area contributed by atoms with Gasteiger partial charge in [0.25, 0.3) is 0 Å². The number of amides is 2. The van der Waals surface area contributed by atoms with Gasteiger partial charge in [0.05, 0.1) is 18.9 Å². The zero-order chi connectivity index (χ0) is 21.9. The highest BCUT2D eigenvalue weighted by Gasteiger charge is 2.18. The number of rotatable bonds is 9. The van der Waals surface area contributed by atoms with Crippen molar-refractivity contribution in [3.05, 3.63) is 71.8 Å². The van der Waals surface area contributed by atoms with Gasteiger partial charge in [-0.05, 0) is 25.0 Å². The van der Waals surface area contributed by atoms with Crippen LogP contribution >= 0.6 is 48.0 Å². The second-order valence-electron chi connectivity index (χ2n) is 6.41. The molecular formula is C22H24N2O2S4. The highest BCUT2D eigenvalue weighted by atomic mass is 32.2. The second kappa shape index (κ2) is 12.8. The molecule has 0 fully saturated rings. The van der Waals surface area contributed by atoms with Crippen LogP contribution in [0.3, 0.4) is 0 Å². The lowest BCUT2D eigenvalue weighted by molar-refractivity contribution is -0.122. The molecule has 0 saturated carbocycles. The normalized spacial score (nSPS) is 12.5. The molecule has 0 aromatic heterocycles. The summed E-state index contributed by atoms with van der Waals surface area (Å²) in [7, 11) is 0. The van der Waals surface area contributed by atoms with Gasteiger partial charge in [-0.15, -0.1) is 23.5 Å². The highest BCUT2D eigenvalue weighted by molar-refractivity contribution is 8.24. The van der Waals surface area contributed by atoms with Crippen molar-refractivity contribution in [1.82, 2.24) is 10.6 Å². The Kier molecular flexibility index (Phi) is 10.5. The van der Waals surface area contributed by atoms with E-state index in [1.165, 1.54) is 23.5 Å². The summed E-state index contributed by atoms with van der Waals surface area (Å²) in [5.41, 5.74) is 1.87. The summed E-state index contributed by atoms with van der Waals surface area (Å²) >= 11 is 13.5. The Morgan fingerprint density at radius 3 is 1.40 bits per heavy atom. The molecule has 0 saturated heterocycles. The van der Waals surface area contributed by atoms with Gasteiger partial charge in [-0.1, -0.05) is 85.1 Å². The predicted octanol–water partition coefficient (Wildman–Crippen LogP) is 4.21. The smallest absolute Gasteiger partial charge is 0.233 e. The molecule has 0 aliphatic heterocycles. The largest absolute Gasteiger partial charge is 0.353 e. The fourth-order valence-corrected chi connectivity index (χ4v) is 5.08. The number of carbonyl (C=O) groups excluding carboxylic acids is 2. The Labute approximate surface area is 197 Å². The summed E-state index contributed by atoms with van der Waals surface area (Å²) in [6.45, 7) is 4.34. The minimum atomic E-state index is -0.314. The van der Waals surface area contributed by atoms with Crippen molar-refractivity contribution in [3.8, 4) is 0 Å². The van der Waals surface area contributed by atoms with Gasteiger partial charge < -0.3 is 10.6 Å². The van der Waals surface area contributed by atoms with Gasteiger partial charge in [0, 0.05) is 13.1 Å². The van der Waals surface area contributed by atoms with Crippen molar-refractivity contribution >= 4 is 68.2 Å². The van der Waals surface area contributed by atoms with Crippen LogP contribution in [0.25, 0.3) is 0 Å². The van der Waals surface area contributed by atoms with Crippen LogP contribution in [0.1, 0.15) is 25.0 Å². The molecule has 0 spiro atoms. The lowest BCUT2D eigenvalue weighted by Gasteiger charge is -2.15. The number of nitrogens with one attached hydrogen (secondary N) is 2. The highest BCUT2D eigenvalue weighted by Crippen LogP contribution is 2.20. The van der Waals surface area contributed by atoms with Gasteiger partial charge in [0.1, 0.15) is 0 Å². The summed E-state index contributed by atoms with van der Waals surface area (Å²) in [6, 6.07) is 19.2. The van der Waals surface area contributed by atoms with Crippen LogP contribution in [0.15, 0.2) is 60.7 Å². The fourth-order valence-electron chi connectivity index (χ4n) is 2.37. The summed E-state index contributed by atoms with van der Waals surface area (Å²) < 4.78 is 1.37. The number of hydrogen-bond donors (Lipinski definition) is 2. The molecule has 0 bridgehead atoms. The zero-order valence-corrected chi connectivity index (χ0v) is 20.1. The summed E-state index contributed by atoms with van der Waals surface area (Å²) in [4.78, 5) is 24.5. The average Bonchev–Trinajstić information content (AvgIpc) is 2.77. The van der Waals surface area contributed by atoms with E-state index in [1.807, 2.05) is 74.5 Å². The minimum Gasteiger partial charge on any atom is -0.353 e. The van der Waals surface area contributed by atoms with Gasteiger partial charge in [0.15, 0.2) is 0 Å². The van der Waals surface area contributed by atoms with Gasteiger partial charge >= 0.3 is 0 Å². The van der Waals surface area contributed by atoms with Crippen LogP contribution in [-0.4, -0.2) is 43.8 Å². The third-order valence-corrected chi connectivity index (χ3v) is 7.13. The van der Waals surface area contributed by atoms with Gasteiger partial charge in [-0.3, -0.25) is 9.59 Å². The van der Waals surface area contributed by atoms with Crippen LogP contribution in [0.4, 0.5) is 0 Å². The van der Waals surface area contributed by atoms with Crippen molar-refractivity contribution in [2.45, 2.75) is 24.3 Å². The molecule has 4 nitrogen and oxygen atoms in total. The fraction of sp³-hybridized carbons (Fsp3) is 0.273. The van der Waals surface area contributed by atoms with Crippen LogP contribution < -0.4 is 10.6 Å². The number of hydrogen-bond acceptors (Lipinski definition) is 6. The molecule has 0 radical (unpaired) electrons. The van der Waals surface area contributed by atoms with Crippen molar-refractivity contribution in [2.24, 2.45) is 0 Å². The molecule has 2 amide bonds. The molecule has 2 atom stereocenters. The van der Waals surface area contributed by atoms with E-state index >= 15 is 0 Å². The quantitative estimate of drug-likeness (QED) is 0.418. The number of thiocarbonyl (C=S) groups is 2. The van der Waals surface area contributed by atoms with Crippen LogP contribution in [0.2, 0.25) is 0 Å². The topological polar surface area (TPSA) is 58.2 Å². The van der Waals surface area contributed by atoms with Crippen LogP contribution in [-0.2, 0) is 9.59 Å². The van der Waals surface area contributed by atoms with E-state index in [0.29, 0.717) is 21.5 Å². The lowest BCUT2D eigenvalue weighted by Crippen LogP contribution is -2.40. The predicted molar refractivity (Wildman–Crippen MR) is 136 cm³/mol. The molecule has 0 heterocycles. The monoisotopic (exact) mass is 476 g/mol. The standard InChI is InChI=1S/C22H24N2O2S4/c1-15(29-21(27)17-9-5-3-6-10-17)19(25)23-13-14-24-20(26)16(2)30-22(28)18-11-7-4-8-12-18/h3-12,15-16H,13-14H2,1-2H3,(H,23,25)(H,24,26). The minimum absolute atomic E-state index is 0.111. The first-order chi connectivity index (χ1) is 14.4. The molecule has 30 heavy (non-hydrogen) atoms. The molecular weight excluding hydrogens is 453 g/mol. The molecule has 0 aliphatic rings. The van der Waals surface area contributed by atoms with E-state index in [2.05, 4.69) is 10.6 Å². The zero-order valence-electron chi connectivity index (χ0n) is 16.8. The molecule has 158 valence electrons. The van der Waals surface area contributed by atoms with Gasteiger partial charge in [0.2, 0.25) is 11.8 Å². The molecule has 2 N–H and O–H groups in total. The number of carbonyl (C=O) groups is 2. The van der Waals surface area contributed by atoms with E-state index < -0.39 is 0 Å². The first-order valence-corrected chi connectivity index (χ1v) is 12.0. The Bertz CT molecular complexity index is 802. The Morgan fingerprint density at radius 1 is 0.733 bits per heavy atom. The summed E-state index contributed by atoms with van der Waals surface area (Å²) in [5.74, 6) is -0.222. The maximum Gasteiger partial charge on any atom is 0.233 e. The van der Waals surface area contributed by atoms with E-state index in [0.717, 1.165) is 11.1 Å². The Morgan fingerprint density at radius 2 is 1.07 bits per heavy atom. The lowest BCUT2D eigenvalue weighted by atomic mass is 10.2. The van der Waals surface area contributed by atoms with Crippen LogP contribution in [0, 0.1) is 0 Å². The van der Waals surface area contributed by atoms with E-state index in [-0.39, 0.29) is 22.3 Å². The summed E-state index contributed by atoms with van der Waals surface area (Å²) in [6.07, 6.45) is 0. The third-order valence-electron chi connectivity index (χ3n) is 4.05. The Hall–Kier alpha value is -1.74. The van der Waals surface area contributed by atoms with Gasteiger partial charge in [-0.2, -0.15) is 0 Å². The maximum absolute atomic E-state index is 12.3. The van der Waals surface area contributed by atoms with E-state index in [9.17, 15) is 9.59 Å². The number of benzene rings is 2. The van der Waals surface area contributed by atoms with Gasteiger partial charge in [-0.25, -0.2) is 0 Å². The second-order valence-corrected chi connectivity index (χ2v) is 10.4.